The Balaban J connectivity index is 1.48. The Kier molecular flexibility index (Phi) is 6.89. The minimum absolute atomic E-state index is 0.0482. The summed E-state index contributed by atoms with van der Waals surface area (Å²) in [5, 5.41) is 10.0. The molecule has 2 aliphatic heterocycles. The average molecular weight is 563 g/mol. The maximum absolute atomic E-state index is 13.5. The highest BCUT2D eigenvalue weighted by Gasteiger charge is 2.33. The third-order valence-electron chi connectivity index (χ3n) is 6.59. The van der Waals surface area contributed by atoms with Gasteiger partial charge in [-0.1, -0.05) is 6.07 Å². The number of hydrogen-bond donors (Lipinski definition) is 2. The maximum Gasteiger partial charge on any atom is 0.417 e. The van der Waals surface area contributed by atoms with Crippen LogP contribution >= 0.6 is 0 Å². The highest BCUT2D eigenvalue weighted by atomic mass is 32.2. The molecule has 3 heterocycles. The molecular weight excluding hydrogens is 537 g/mol. The number of fused-ring (bicyclic) bond motifs is 1. The van der Waals surface area contributed by atoms with Gasteiger partial charge in [-0.2, -0.15) is 13.2 Å². The van der Waals surface area contributed by atoms with Crippen LogP contribution in [0.15, 0.2) is 48.7 Å². The normalized spacial score (nSPS) is 16.3. The van der Waals surface area contributed by atoms with Crippen LogP contribution in [-0.4, -0.2) is 63.5 Å². The number of aromatic hydroxyl groups is 1. The summed E-state index contributed by atoms with van der Waals surface area (Å²) < 4.78 is 71.3. The first-order valence-electron chi connectivity index (χ1n) is 12.1. The number of phenols is 1. The molecule has 0 unspecified atom stereocenters. The average Bonchev–Trinajstić information content (AvgIpc) is 2.89. The van der Waals surface area contributed by atoms with E-state index in [9.17, 15) is 31.5 Å². The van der Waals surface area contributed by atoms with Crippen LogP contribution in [0.5, 0.6) is 5.75 Å². The van der Waals surface area contributed by atoms with E-state index in [1.807, 2.05) is 4.90 Å². The van der Waals surface area contributed by atoms with Crippen LogP contribution in [0.3, 0.4) is 0 Å². The number of nitrogens with one attached hydrogen (secondary N) is 1. The lowest BCUT2D eigenvalue weighted by atomic mass is 9.94. The molecular formula is C26H25F3N4O5S. The number of rotatable bonds is 5. The lowest BCUT2D eigenvalue weighted by Crippen LogP contribution is -2.37. The van der Waals surface area contributed by atoms with Crippen molar-refractivity contribution >= 4 is 33.0 Å². The highest BCUT2D eigenvalue weighted by molar-refractivity contribution is 7.92. The van der Waals surface area contributed by atoms with Crippen LogP contribution in [0.25, 0.3) is 11.3 Å². The van der Waals surface area contributed by atoms with E-state index in [4.69, 9.17) is 4.74 Å². The van der Waals surface area contributed by atoms with Gasteiger partial charge in [0.25, 0.3) is 5.91 Å². The van der Waals surface area contributed by atoms with Gasteiger partial charge in [0, 0.05) is 42.6 Å². The predicted molar refractivity (Wildman–Crippen MR) is 140 cm³/mol. The second-order valence-electron chi connectivity index (χ2n) is 9.34. The fourth-order valence-corrected chi connectivity index (χ4v) is 5.29. The van der Waals surface area contributed by atoms with Crippen LogP contribution in [0.2, 0.25) is 0 Å². The number of phenolic OH excluding ortho intramolecular Hbond substituents is 1. The zero-order valence-electron chi connectivity index (χ0n) is 20.8. The topological polar surface area (TPSA) is 112 Å². The summed E-state index contributed by atoms with van der Waals surface area (Å²) >= 11 is 0. The van der Waals surface area contributed by atoms with E-state index < -0.39 is 21.8 Å². The maximum atomic E-state index is 13.5. The number of alkyl halides is 3. The molecule has 1 amide bonds. The Labute approximate surface area is 222 Å². The van der Waals surface area contributed by atoms with Crippen molar-refractivity contribution in [1.82, 2.24) is 4.98 Å². The minimum atomic E-state index is -4.54. The summed E-state index contributed by atoms with van der Waals surface area (Å²) in [6.45, 7) is 1.91. The summed E-state index contributed by atoms with van der Waals surface area (Å²) in [6.07, 6.45) is -2.32. The van der Waals surface area contributed by atoms with Gasteiger partial charge in [0.05, 0.1) is 42.1 Å². The molecule has 2 N–H and O–H groups in total. The Morgan fingerprint density at radius 2 is 1.79 bits per heavy atom. The quantitative estimate of drug-likeness (QED) is 0.454. The van der Waals surface area contributed by atoms with E-state index in [0.717, 1.165) is 24.1 Å². The molecule has 206 valence electrons. The molecule has 13 heteroatoms. The fourth-order valence-electron chi connectivity index (χ4n) is 4.73. The van der Waals surface area contributed by atoms with Crippen LogP contribution in [-0.2, 0) is 27.4 Å². The second kappa shape index (κ2) is 10.0. The second-order valence-corrected chi connectivity index (χ2v) is 11.1. The SMILES string of the molecule is CS(=O)(=O)Nc1cc(N2CCc3cc(-c4ncc(C(F)(F)F)cc4N4CCOCC4)ccc3C2=O)ccc1O. The van der Waals surface area contributed by atoms with Gasteiger partial charge >= 0.3 is 6.18 Å². The van der Waals surface area contributed by atoms with Crippen molar-refractivity contribution in [2.75, 3.05) is 53.6 Å². The number of hydrogen-bond acceptors (Lipinski definition) is 7. The number of ether oxygens (including phenoxy) is 1. The first-order valence-corrected chi connectivity index (χ1v) is 14.0. The Morgan fingerprint density at radius 1 is 1.05 bits per heavy atom. The molecule has 0 radical (unpaired) electrons. The van der Waals surface area contributed by atoms with E-state index in [-0.39, 0.29) is 23.9 Å². The number of nitrogens with zero attached hydrogens (tertiary/aromatic N) is 3. The van der Waals surface area contributed by atoms with Crippen LogP contribution in [0.4, 0.5) is 30.2 Å². The van der Waals surface area contributed by atoms with E-state index in [1.54, 1.807) is 18.2 Å². The number of amides is 1. The Morgan fingerprint density at radius 3 is 2.49 bits per heavy atom. The number of halogens is 3. The molecule has 1 aromatic heterocycles. The molecule has 0 atom stereocenters. The molecule has 2 aliphatic rings. The van der Waals surface area contributed by atoms with Gasteiger partial charge in [-0.3, -0.25) is 14.5 Å². The smallest absolute Gasteiger partial charge is 0.417 e. The van der Waals surface area contributed by atoms with Crippen molar-refractivity contribution < 1.29 is 36.2 Å². The highest BCUT2D eigenvalue weighted by Crippen LogP contribution is 2.38. The van der Waals surface area contributed by atoms with Gasteiger partial charge in [0.1, 0.15) is 5.75 Å². The number of carbonyl (C=O) groups excluding carboxylic acids is 1. The number of pyridine rings is 1. The summed E-state index contributed by atoms with van der Waals surface area (Å²) in [5.41, 5.74) is 1.98. The Bertz CT molecular complexity index is 1540. The van der Waals surface area contributed by atoms with Gasteiger partial charge < -0.3 is 19.6 Å². The van der Waals surface area contributed by atoms with E-state index >= 15 is 0 Å². The molecule has 0 aliphatic carbocycles. The first-order chi connectivity index (χ1) is 18.4. The molecule has 3 aromatic rings. The molecule has 0 spiro atoms. The lowest BCUT2D eigenvalue weighted by molar-refractivity contribution is -0.137. The van der Waals surface area contributed by atoms with Crippen LogP contribution in [0.1, 0.15) is 21.5 Å². The Hall–Kier alpha value is -3.84. The van der Waals surface area contributed by atoms with Crippen molar-refractivity contribution in [1.29, 1.82) is 0 Å². The van der Waals surface area contributed by atoms with Gasteiger partial charge in [-0.15, -0.1) is 0 Å². The summed E-state index contributed by atoms with van der Waals surface area (Å²) in [6, 6.07) is 10.4. The standard InChI is InChI=1S/C26H25F3N4O5S/c1-39(36,37)31-21-14-19(3-5-23(21)34)33-7-6-16-12-17(2-4-20(16)25(33)35)24-22(32-8-10-38-11-9-32)13-18(15-30-24)26(27,28)29/h2-5,12-15,31,34H,6-11H2,1H3. The zero-order chi connectivity index (χ0) is 27.9. The van der Waals surface area contributed by atoms with Gasteiger partial charge in [0.2, 0.25) is 10.0 Å². The number of benzene rings is 2. The molecule has 0 saturated carbocycles. The molecule has 0 bridgehead atoms. The van der Waals surface area contributed by atoms with E-state index in [1.165, 1.54) is 23.1 Å². The summed E-state index contributed by atoms with van der Waals surface area (Å²) in [5.74, 6) is -0.605. The zero-order valence-corrected chi connectivity index (χ0v) is 21.6. The first kappa shape index (κ1) is 26.8. The number of morpholine rings is 1. The molecule has 5 rings (SSSR count). The van der Waals surface area contributed by atoms with Crippen molar-refractivity contribution in [3.8, 4) is 17.0 Å². The third-order valence-corrected chi connectivity index (χ3v) is 7.18. The van der Waals surface area contributed by atoms with Gasteiger partial charge in [-0.05, 0) is 48.4 Å². The predicted octanol–water partition coefficient (Wildman–Crippen LogP) is 3.88. The van der Waals surface area contributed by atoms with Crippen LogP contribution < -0.4 is 14.5 Å². The van der Waals surface area contributed by atoms with Crippen molar-refractivity contribution in [2.24, 2.45) is 0 Å². The number of aromatic nitrogens is 1. The summed E-state index contributed by atoms with van der Waals surface area (Å²) in [7, 11) is -3.66. The minimum Gasteiger partial charge on any atom is -0.506 e. The molecule has 9 nitrogen and oxygen atoms in total. The van der Waals surface area contributed by atoms with Crippen molar-refractivity contribution in [3.63, 3.8) is 0 Å². The molecule has 1 saturated heterocycles. The number of sulfonamides is 1. The molecule has 2 aromatic carbocycles. The monoisotopic (exact) mass is 562 g/mol. The van der Waals surface area contributed by atoms with Crippen molar-refractivity contribution in [3.05, 3.63) is 65.4 Å². The van der Waals surface area contributed by atoms with Crippen molar-refractivity contribution in [2.45, 2.75) is 12.6 Å². The van der Waals surface area contributed by atoms with Gasteiger partial charge in [-0.25, -0.2) is 8.42 Å². The van der Waals surface area contributed by atoms with E-state index in [0.29, 0.717) is 60.9 Å². The fraction of sp³-hybridized carbons (Fsp3) is 0.308. The summed E-state index contributed by atoms with van der Waals surface area (Å²) in [4.78, 5) is 20.9. The third kappa shape index (κ3) is 5.64. The van der Waals surface area contributed by atoms with Crippen LogP contribution in [0, 0.1) is 0 Å². The molecule has 39 heavy (non-hydrogen) atoms. The number of carbonyl (C=O) groups is 1. The number of anilines is 3. The van der Waals surface area contributed by atoms with E-state index in [2.05, 4.69) is 9.71 Å². The van der Waals surface area contributed by atoms with Gasteiger partial charge in [0.15, 0.2) is 0 Å². The largest absolute Gasteiger partial charge is 0.506 e. The lowest BCUT2D eigenvalue weighted by Gasteiger charge is -2.31. The molecule has 1 fully saturated rings.